The maximum Gasteiger partial charge on any atom is 0.278 e. The van der Waals surface area contributed by atoms with Crippen molar-refractivity contribution in [3.05, 3.63) is 64.4 Å². The number of carbonyl (C=O) groups excluding carboxylic acids is 2. The van der Waals surface area contributed by atoms with Crippen molar-refractivity contribution in [3.63, 3.8) is 0 Å². The molecular formula is C23H26N6O3. The molecule has 3 aromatic rings. The van der Waals surface area contributed by atoms with Gasteiger partial charge >= 0.3 is 0 Å². The van der Waals surface area contributed by atoms with Crippen molar-refractivity contribution < 1.29 is 9.59 Å². The van der Waals surface area contributed by atoms with Crippen LogP contribution >= 0.6 is 0 Å². The second-order valence-electron chi connectivity index (χ2n) is 8.08. The average Bonchev–Trinajstić information content (AvgIpc) is 2.81. The van der Waals surface area contributed by atoms with Gasteiger partial charge in [-0.25, -0.2) is 4.68 Å². The molecular weight excluding hydrogens is 408 g/mol. The molecule has 0 saturated carbocycles. The summed E-state index contributed by atoms with van der Waals surface area (Å²) in [6.07, 6.45) is 2.54. The van der Waals surface area contributed by atoms with Gasteiger partial charge in [-0.3, -0.25) is 14.4 Å². The highest BCUT2D eigenvalue weighted by Crippen LogP contribution is 2.17. The van der Waals surface area contributed by atoms with Crippen LogP contribution in [0, 0.1) is 5.92 Å². The van der Waals surface area contributed by atoms with Crippen LogP contribution in [0.2, 0.25) is 0 Å². The Morgan fingerprint density at radius 2 is 1.78 bits per heavy atom. The van der Waals surface area contributed by atoms with Crippen molar-refractivity contribution in [1.82, 2.24) is 19.9 Å². The summed E-state index contributed by atoms with van der Waals surface area (Å²) in [7, 11) is 0. The van der Waals surface area contributed by atoms with Crippen LogP contribution < -0.4 is 16.6 Å². The van der Waals surface area contributed by atoms with Crippen LogP contribution in [0.5, 0.6) is 0 Å². The molecule has 32 heavy (non-hydrogen) atoms. The SMILES string of the molecule is NC(=O)C1CCN(CCc2ccc(NC(=O)Cn3nnc4ccccc4c3=O)cc2)CC1. The van der Waals surface area contributed by atoms with E-state index in [1.807, 2.05) is 24.3 Å². The molecule has 1 fully saturated rings. The van der Waals surface area contributed by atoms with Crippen LogP contribution in [0.4, 0.5) is 5.69 Å². The number of fused-ring (bicyclic) bond motifs is 1. The zero-order valence-corrected chi connectivity index (χ0v) is 17.7. The van der Waals surface area contributed by atoms with Gasteiger partial charge in [0.15, 0.2) is 0 Å². The summed E-state index contributed by atoms with van der Waals surface area (Å²) < 4.78 is 1.06. The molecule has 9 nitrogen and oxygen atoms in total. The van der Waals surface area contributed by atoms with Gasteiger partial charge in [0, 0.05) is 18.2 Å². The minimum atomic E-state index is -0.346. The number of hydrogen-bond acceptors (Lipinski definition) is 6. The lowest BCUT2D eigenvalue weighted by Gasteiger charge is -2.30. The second-order valence-corrected chi connectivity index (χ2v) is 8.08. The van der Waals surface area contributed by atoms with Crippen LogP contribution in [0.15, 0.2) is 53.3 Å². The number of piperidine rings is 1. The summed E-state index contributed by atoms with van der Waals surface area (Å²) in [5.41, 5.74) is 7.36. The number of nitrogens with zero attached hydrogens (tertiary/aromatic N) is 4. The fraction of sp³-hybridized carbons (Fsp3) is 0.348. The summed E-state index contributed by atoms with van der Waals surface area (Å²) in [6.45, 7) is 2.48. The quantitative estimate of drug-likeness (QED) is 0.575. The lowest BCUT2D eigenvalue weighted by molar-refractivity contribution is -0.123. The highest BCUT2D eigenvalue weighted by Gasteiger charge is 2.22. The average molecular weight is 435 g/mol. The van der Waals surface area contributed by atoms with E-state index in [9.17, 15) is 14.4 Å². The van der Waals surface area contributed by atoms with Crippen molar-refractivity contribution in [2.24, 2.45) is 11.7 Å². The zero-order valence-electron chi connectivity index (χ0n) is 17.7. The third-order valence-corrected chi connectivity index (χ3v) is 5.87. The predicted octanol–water partition coefficient (Wildman–Crippen LogP) is 1.17. The number of hydrogen-bond donors (Lipinski definition) is 2. The highest BCUT2D eigenvalue weighted by atomic mass is 16.2. The maximum absolute atomic E-state index is 12.5. The van der Waals surface area contributed by atoms with E-state index >= 15 is 0 Å². The van der Waals surface area contributed by atoms with Gasteiger partial charge in [0.2, 0.25) is 11.8 Å². The minimum Gasteiger partial charge on any atom is -0.369 e. The van der Waals surface area contributed by atoms with Crippen LogP contribution in [0.1, 0.15) is 18.4 Å². The number of nitrogens with one attached hydrogen (secondary N) is 1. The summed E-state index contributed by atoms with van der Waals surface area (Å²) in [5, 5.41) is 11.1. The lowest BCUT2D eigenvalue weighted by Crippen LogP contribution is -2.39. The number of anilines is 1. The molecule has 166 valence electrons. The fourth-order valence-electron chi connectivity index (χ4n) is 3.95. The monoisotopic (exact) mass is 434 g/mol. The van der Waals surface area contributed by atoms with E-state index in [0.29, 0.717) is 16.6 Å². The molecule has 1 saturated heterocycles. The van der Waals surface area contributed by atoms with Gasteiger partial charge in [0.25, 0.3) is 5.56 Å². The van der Waals surface area contributed by atoms with E-state index < -0.39 is 0 Å². The predicted molar refractivity (Wildman–Crippen MR) is 121 cm³/mol. The highest BCUT2D eigenvalue weighted by molar-refractivity contribution is 5.90. The molecule has 2 aromatic carbocycles. The van der Waals surface area contributed by atoms with Crippen LogP contribution in [0.25, 0.3) is 10.9 Å². The van der Waals surface area contributed by atoms with Gasteiger partial charge in [-0.1, -0.05) is 29.5 Å². The normalized spacial score (nSPS) is 15.0. The smallest absolute Gasteiger partial charge is 0.278 e. The first-order valence-corrected chi connectivity index (χ1v) is 10.7. The van der Waals surface area contributed by atoms with E-state index in [-0.39, 0.29) is 29.8 Å². The van der Waals surface area contributed by atoms with Crippen LogP contribution in [-0.4, -0.2) is 51.3 Å². The second kappa shape index (κ2) is 9.69. The minimum absolute atomic E-state index is 0.00518. The van der Waals surface area contributed by atoms with Gasteiger partial charge in [-0.05, 0) is 62.2 Å². The Hall–Kier alpha value is -3.59. The molecule has 0 bridgehead atoms. The lowest BCUT2D eigenvalue weighted by atomic mass is 9.96. The molecule has 1 aliphatic heterocycles. The van der Waals surface area contributed by atoms with Gasteiger partial charge in [-0.2, -0.15) is 0 Å². The van der Waals surface area contributed by atoms with E-state index in [1.165, 1.54) is 0 Å². The van der Waals surface area contributed by atoms with Crippen molar-refractivity contribution in [1.29, 1.82) is 0 Å². The molecule has 0 aliphatic carbocycles. The Morgan fingerprint density at radius 1 is 1.06 bits per heavy atom. The summed E-state index contributed by atoms with van der Waals surface area (Å²) in [4.78, 5) is 38.5. The molecule has 0 unspecified atom stereocenters. The number of likely N-dealkylation sites (tertiary alicyclic amines) is 1. The third kappa shape index (κ3) is 5.17. The Kier molecular flexibility index (Phi) is 6.55. The number of primary amides is 1. The van der Waals surface area contributed by atoms with Crippen LogP contribution in [-0.2, 0) is 22.6 Å². The third-order valence-electron chi connectivity index (χ3n) is 5.87. The van der Waals surface area contributed by atoms with Crippen molar-refractivity contribution in [3.8, 4) is 0 Å². The van der Waals surface area contributed by atoms with Gasteiger partial charge in [0.1, 0.15) is 12.1 Å². The standard InChI is InChI=1S/C23H26N6O3/c24-22(31)17-10-13-28(14-11-17)12-9-16-5-7-18(8-6-16)25-21(30)15-29-23(32)19-3-1-2-4-20(19)26-27-29/h1-8,17H,9-15H2,(H2,24,31)(H,25,30). The zero-order chi connectivity index (χ0) is 22.5. The first kappa shape index (κ1) is 21.6. The van der Waals surface area contributed by atoms with Gasteiger partial charge < -0.3 is 16.0 Å². The molecule has 0 spiro atoms. The summed E-state index contributed by atoms with van der Waals surface area (Å²) >= 11 is 0. The Bertz CT molecular complexity index is 1170. The number of carbonyl (C=O) groups is 2. The Balaban J connectivity index is 1.28. The molecule has 2 heterocycles. The van der Waals surface area contributed by atoms with Gasteiger partial charge in [0.05, 0.1) is 5.39 Å². The van der Waals surface area contributed by atoms with E-state index in [0.717, 1.165) is 49.1 Å². The van der Waals surface area contributed by atoms with Crippen molar-refractivity contribution in [2.75, 3.05) is 25.0 Å². The maximum atomic E-state index is 12.5. The number of aromatic nitrogens is 3. The van der Waals surface area contributed by atoms with Crippen LogP contribution in [0.3, 0.4) is 0 Å². The number of benzene rings is 2. The molecule has 4 rings (SSSR count). The molecule has 2 amide bonds. The van der Waals surface area contributed by atoms with Crippen molar-refractivity contribution in [2.45, 2.75) is 25.8 Å². The first-order chi connectivity index (χ1) is 15.5. The molecule has 0 atom stereocenters. The number of nitrogens with two attached hydrogens (primary N) is 1. The van der Waals surface area contributed by atoms with E-state index in [2.05, 4.69) is 20.5 Å². The van der Waals surface area contributed by atoms with E-state index in [1.54, 1.807) is 24.3 Å². The molecule has 1 aromatic heterocycles. The Morgan fingerprint density at radius 3 is 2.50 bits per heavy atom. The molecule has 3 N–H and O–H groups in total. The summed E-state index contributed by atoms with van der Waals surface area (Å²) in [5.74, 6) is -0.535. The molecule has 1 aliphatic rings. The number of rotatable bonds is 7. The van der Waals surface area contributed by atoms with Gasteiger partial charge in [-0.15, -0.1) is 5.10 Å². The van der Waals surface area contributed by atoms with E-state index in [4.69, 9.17) is 5.73 Å². The largest absolute Gasteiger partial charge is 0.369 e. The van der Waals surface area contributed by atoms with Crippen molar-refractivity contribution >= 4 is 28.4 Å². The topological polar surface area (TPSA) is 123 Å². The fourth-order valence-corrected chi connectivity index (χ4v) is 3.95. The summed E-state index contributed by atoms with van der Waals surface area (Å²) in [6, 6.07) is 14.6. The molecule has 0 radical (unpaired) electrons. The Labute approximate surface area is 185 Å². The number of amides is 2. The molecule has 9 heteroatoms. The first-order valence-electron chi connectivity index (χ1n) is 10.7.